The van der Waals surface area contributed by atoms with Crippen molar-refractivity contribution in [1.29, 1.82) is 0 Å². The van der Waals surface area contributed by atoms with Gasteiger partial charge in [-0.2, -0.15) is 0 Å². The summed E-state index contributed by atoms with van der Waals surface area (Å²) in [6.07, 6.45) is 1.58. The molecule has 0 unspecified atom stereocenters. The van der Waals surface area contributed by atoms with Gasteiger partial charge in [-0.1, -0.05) is 0 Å². The van der Waals surface area contributed by atoms with Gasteiger partial charge < -0.3 is 4.74 Å². The smallest absolute Gasteiger partial charge is 0.0732 e. The number of hydrogen-bond donors (Lipinski definition) is 0. The first-order valence-electron chi connectivity index (χ1n) is 2.90. The van der Waals surface area contributed by atoms with E-state index >= 15 is 0 Å². The molecular formula is C5H8ClNO. The lowest BCUT2D eigenvalue weighted by Gasteiger charge is -2.18. The van der Waals surface area contributed by atoms with Crippen LogP contribution in [0.1, 0.15) is 6.42 Å². The number of hydrogen-bond acceptors (Lipinski definition) is 2. The lowest BCUT2D eigenvalue weighted by Crippen LogP contribution is -2.29. The number of rotatable bonds is 0. The topological polar surface area (TPSA) is 12.5 Å². The summed E-state index contributed by atoms with van der Waals surface area (Å²) in [5.41, 5.74) is 0. The van der Waals surface area contributed by atoms with Gasteiger partial charge in [0.05, 0.1) is 18.8 Å². The molecular weight excluding hydrogens is 126 g/mol. The molecule has 2 rings (SSSR count). The molecule has 2 fully saturated rings. The minimum atomic E-state index is 0.442. The molecule has 2 aliphatic rings. The van der Waals surface area contributed by atoms with E-state index in [2.05, 4.69) is 0 Å². The van der Waals surface area contributed by atoms with Crippen LogP contribution in [0.25, 0.3) is 0 Å². The summed E-state index contributed by atoms with van der Waals surface area (Å²) in [5.74, 6) is 0. The van der Waals surface area contributed by atoms with Gasteiger partial charge in [0, 0.05) is 6.54 Å². The summed E-state index contributed by atoms with van der Waals surface area (Å²) in [4.78, 5) is 0. The Morgan fingerprint density at radius 2 is 2.50 bits per heavy atom. The monoisotopic (exact) mass is 133 g/mol. The molecule has 46 valence electrons. The van der Waals surface area contributed by atoms with E-state index in [0.717, 1.165) is 19.6 Å². The Bertz CT molecular complexity index is 107. The highest BCUT2D eigenvalue weighted by Crippen LogP contribution is 2.28. The molecule has 0 aliphatic carbocycles. The van der Waals surface area contributed by atoms with E-state index < -0.39 is 0 Å². The molecule has 0 aromatic heterocycles. The van der Waals surface area contributed by atoms with Gasteiger partial charge in [-0.15, -0.1) is 0 Å². The number of halogens is 1. The molecule has 0 saturated carbocycles. The average Bonchev–Trinajstić information content (AvgIpc) is 2.23. The molecule has 0 aromatic rings. The highest BCUT2D eigenvalue weighted by atomic mass is 35.5. The summed E-state index contributed by atoms with van der Waals surface area (Å²) in [5, 5.41) is 0. The number of nitrogens with zero attached hydrogens (tertiary/aromatic N) is 1. The third-order valence-electron chi connectivity index (χ3n) is 1.83. The zero-order valence-electron chi connectivity index (χ0n) is 4.51. The lowest BCUT2D eigenvalue weighted by atomic mass is 10.3. The molecule has 2 aliphatic heterocycles. The van der Waals surface area contributed by atoms with Crippen LogP contribution in [0.5, 0.6) is 0 Å². The van der Waals surface area contributed by atoms with Crippen LogP contribution in [-0.4, -0.2) is 29.7 Å². The third kappa shape index (κ3) is 0.569. The Labute approximate surface area is 53.5 Å². The quantitative estimate of drug-likeness (QED) is 0.449. The van der Waals surface area contributed by atoms with Crippen molar-refractivity contribution >= 4 is 11.8 Å². The summed E-state index contributed by atoms with van der Waals surface area (Å²) in [6, 6.07) is 0.515. The van der Waals surface area contributed by atoms with Gasteiger partial charge in [0.15, 0.2) is 0 Å². The van der Waals surface area contributed by atoms with Crippen molar-refractivity contribution in [1.82, 2.24) is 4.42 Å². The van der Waals surface area contributed by atoms with Gasteiger partial charge in [0.1, 0.15) is 0 Å². The highest BCUT2D eigenvalue weighted by molar-refractivity contribution is 6.13. The van der Waals surface area contributed by atoms with Gasteiger partial charge in [0.2, 0.25) is 0 Å². The van der Waals surface area contributed by atoms with Crippen LogP contribution in [0.4, 0.5) is 0 Å². The van der Waals surface area contributed by atoms with Crippen molar-refractivity contribution in [3.63, 3.8) is 0 Å². The number of morpholine rings is 1. The van der Waals surface area contributed by atoms with Crippen molar-refractivity contribution in [2.75, 3.05) is 13.2 Å². The summed E-state index contributed by atoms with van der Waals surface area (Å²) >= 11 is 5.76. The van der Waals surface area contributed by atoms with Gasteiger partial charge in [-0.25, -0.2) is 4.42 Å². The standard InChI is InChI=1S/C5H8ClNO/c6-7-2-5-1-4(7)3-8-5/h4-5H,1-3H2/t4-,5-/m0/s1. The van der Waals surface area contributed by atoms with E-state index in [1.165, 1.54) is 0 Å². The Kier molecular flexibility index (Phi) is 1.00. The van der Waals surface area contributed by atoms with Crippen LogP contribution in [0.3, 0.4) is 0 Å². The maximum atomic E-state index is 5.76. The molecule has 2 bridgehead atoms. The number of fused-ring (bicyclic) bond motifs is 2. The second kappa shape index (κ2) is 1.59. The predicted molar refractivity (Wildman–Crippen MR) is 30.7 cm³/mol. The van der Waals surface area contributed by atoms with Gasteiger partial charge in [-0.3, -0.25) is 0 Å². The van der Waals surface area contributed by atoms with E-state index in [9.17, 15) is 0 Å². The maximum absolute atomic E-state index is 5.76. The Hall–Kier alpha value is 0.210. The maximum Gasteiger partial charge on any atom is 0.0732 e. The van der Waals surface area contributed by atoms with Crippen molar-refractivity contribution < 1.29 is 4.74 Å². The first kappa shape index (κ1) is 5.03. The van der Waals surface area contributed by atoms with E-state index in [-0.39, 0.29) is 0 Å². The predicted octanol–water partition coefficient (Wildman–Crippen LogP) is 0.613. The zero-order valence-corrected chi connectivity index (χ0v) is 5.27. The average molecular weight is 134 g/mol. The summed E-state index contributed by atoms with van der Waals surface area (Å²) in [6.45, 7) is 1.76. The van der Waals surface area contributed by atoms with E-state index in [0.29, 0.717) is 12.1 Å². The largest absolute Gasteiger partial charge is 0.375 e. The van der Waals surface area contributed by atoms with Crippen molar-refractivity contribution in [3.8, 4) is 0 Å². The van der Waals surface area contributed by atoms with Gasteiger partial charge in [0.25, 0.3) is 0 Å². The van der Waals surface area contributed by atoms with Crippen LogP contribution in [0.2, 0.25) is 0 Å². The summed E-state index contributed by atoms with van der Waals surface area (Å²) < 4.78 is 7.15. The van der Waals surface area contributed by atoms with Crippen LogP contribution in [0, 0.1) is 0 Å². The van der Waals surface area contributed by atoms with Crippen molar-refractivity contribution in [2.24, 2.45) is 0 Å². The van der Waals surface area contributed by atoms with E-state index in [1.807, 2.05) is 4.42 Å². The minimum absolute atomic E-state index is 0.442. The van der Waals surface area contributed by atoms with Crippen molar-refractivity contribution in [3.05, 3.63) is 0 Å². The number of ether oxygens (including phenoxy) is 1. The fourth-order valence-electron chi connectivity index (χ4n) is 1.35. The first-order valence-corrected chi connectivity index (χ1v) is 3.24. The molecule has 2 atom stereocenters. The molecule has 2 saturated heterocycles. The molecule has 2 heterocycles. The molecule has 0 radical (unpaired) electrons. The van der Waals surface area contributed by atoms with E-state index in [4.69, 9.17) is 16.5 Å². The normalized spacial score (nSPS) is 46.1. The van der Waals surface area contributed by atoms with Crippen LogP contribution in [-0.2, 0) is 4.74 Å². The van der Waals surface area contributed by atoms with Crippen LogP contribution < -0.4 is 0 Å². The van der Waals surface area contributed by atoms with E-state index in [1.54, 1.807) is 0 Å². The molecule has 2 nitrogen and oxygen atoms in total. The molecule has 0 aromatic carbocycles. The first-order chi connectivity index (χ1) is 3.86. The fraction of sp³-hybridized carbons (Fsp3) is 1.00. The third-order valence-corrected chi connectivity index (χ3v) is 2.25. The molecule has 0 N–H and O–H groups in total. The molecule has 8 heavy (non-hydrogen) atoms. The second-order valence-electron chi connectivity index (χ2n) is 2.43. The minimum Gasteiger partial charge on any atom is -0.375 e. The lowest BCUT2D eigenvalue weighted by molar-refractivity contribution is 0.0618. The zero-order chi connectivity index (χ0) is 5.56. The second-order valence-corrected chi connectivity index (χ2v) is 2.86. The Morgan fingerprint density at radius 1 is 1.62 bits per heavy atom. The molecule has 0 spiro atoms. The van der Waals surface area contributed by atoms with Crippen LogP contribution in [0.15, 0.2) is 0 Å². The highest BCUT2D eigenvalue weighted by Gasteiger charge is 2.37. The van der Waals surface area contributed by atoms with Gasteiger partial charge in [-0.05, 0) is 18.2 Å². The SMILES string of the molecule is ClN1C[C@@H]2C[C@H]1CO2. The fourth-order valence-corrected chi connectivity index (χ4v) is 1.64. The Morgan fingerprint density at radius 3 is 2.75 bits per heavy atom. The molecule has 3 heteroatoms. The van der Waals surface area contributed by atoms with Crippen molar-refractivity contribution in [2.45, 2.75) is 18.6 Å². The van der Waals surface area contributed by atoms with Crippen LogP contribution >= 0.6 is 11.8 Å². The summed E-state index contributed by atoms with van der Waals surface area (Å²) in [7, 11) is 0. The molecule has 0 amide bonds. The Balaban J connectivity index is 2.11. The van der Waals surface area contributed by atoms with Gasteiger partial charge >= 0.3 is 0 Å².